The van der Waals surface area contributed by atoms with Gasteiger partial charge in [-0.15, -0.1) is 0 Å². The lowest BCUT2D eigenvalue weighted by Crippen LogP contribution is -2.42. The van der Waals surface area contributed by atoms with Crippen LogP contribution in [0.4, 0.5) is 5.82 Å². The fraction of sp³-hybridized carbons (Fsp3) is 0.318. The molecule has 0 atom stereocenters. The highest BCUT2D eigenvalue weighted by atomic mass is 35.5. The van der Waals surface area contributed by atoms with E-state index in [0.717, 1.165) is 29.6 Å². The minimum atomic E-state index is -0.00321. The van der Waals surface area contributed by atoms with Crippen LogP contribution in [0.5, 0.6) is 11.5 Å². The molecule has 1 aliphatic rings. The summed E-state index contributed by atoms with van der Waals surface area (Å²) in [7, 11) is 3.14. The van der Waals surface area contributed by atoms with E-state index in [9.17, 15) is 4.79 Å². The second-order valence-corrected chi connectivity index (χ2v) is 7.60. The molecule has 1 aromatic heterocycles. The van der Waals surface area contributed by atoms with Crippen LogP contribution in [0.1, 0.15) is 23.2 Å². The summed E-state index contributed by atoms with van der Waals surface area (Å²) in [6.45, 7) is 1.33. The monoisotopic (exact) mass is 426 g/mol. The molecule has 2 heterocycles. The molecular formula is C22H23ClN4O3. The number of hydrogen-bond acceptors (Lipinski definition) is 6. The number of carbonyl (C=O) groups is 1. The van der Waals surface area contributed by atoms with Gasteiger partial charge in [0.2, 0.25) is 0 Å². The zero-order valence-corrected chi connectivity index (χ0v) is 17.6. The van der Waals surface area contributed by atoms with Crippen molar-refractivity contribution in [3.05, 3.63) is 53.3 Å². The van der Waals surface area contributed by atoms with Crippen LogP contribution in [0, 0.1) is 0 Å². The van der Waals surface area contributed by atoms with Gasteiger partial charge in [-0.25, -0.2) is 9.97 Å². The average Bonchev–Trinajstić information content (AvgIpc) is 2.78. The Morgan fingerprint density at radius 3 is 2.57 bits per heavy atom. The number of anilines is 1. The van der Waals surface area contributed by atoms with Gasteiger partial charge in [-0.1, -0.05) is 11.6 Å². The van der Waals surface area contributed by atoms with Crippen molar-refractivity contribution >= 4 is 34.2 Å². The fourth-order valence-corrected chi connectivity index (χ4v) is 3.88. The average molecular weight is 427 g/mol. The summed E-state index contributed by atoms with van der Waals surface area (Å²) in [6, 6.07) is 11.1. The minimum absolute atomic E-state index is 0.00321. The van der Waals surface area contributed by atoms with Gasteiger partial charge in [0.1, 0.15) is 12.1 Å². The van der Waals surface area contributed by atoms with Crippen molar-refractivity contribution in [1.82, 2.24) is 14.9 Å². The molecule has 3 aromatic rings. The highest BCUT2D eigenvalue weighted by Crippen LogP contribution is 2.29. The van der Waals surface area contributed by atoms with Crippen LogP contribution in [0.2, 0.25) is 5.02 Å². The van der Waals surface area contributed by atoms with Gasteiger partial charge in [0.15, 0.2) is 11.5 Å². The van der Waals surface area contributed by atoms with Crippen LogP contribution in [0.25, 0.3) is 10.9 Å². The molecule has 0 aliphatic carbocycles. The number of amides is 1. The van der Waals surface area contributed by atoms with Gasteiger partial charge in [0.25, 0.3) is 5.91 Å². The maximum atomic E-state index is 12.9. The van der Waals surface area contributed by atoms with E-state index in [2.05, 4.69) is 15.3 Å². The second kappa shape index (κ2) is 8.75. The first kappa shape index (κ1) is 20.2. The van der Waals surface area contributed by atoms with Crippen molar-refractivity contribution in [1.29, 1.82) is 0 Å². The van der Waals surface area contributed by atoms with Crippen LogP contribution < -0.4 is 14.8 Å². The number of methoxy groups -OCH3 is 2. The number of nitrogens with one attached hydrogen (secondary N) is 1. The SMILES string of the molecule is COc1ccc(C(=O)N2CCC(Nc3ncnc4cc(Cl)ccc34)CC2)cc1OC. The Kier molecular flexibility index (Phi) is 5.90. The Morgan fingerprint density at radius 1 is 1.07 bits per heavy atom. The smallest absolute Gasteiger partial charge is 0.253 e. The standard InChI is InChI=1S/C22H23ClN4O3/c1-29-19-6-3-14(11-20(19)30-2)22(28)27-9-7-16(8-10-27)26-21-17-5-4-15(23)12-18(17)24-13-25-21/h3-6,11-13,16H,7-10H2,1-2H3,(H,24,25,26). The van der Waals surface area contributed by atoms with Crippen molar-refractivity contribution in [3.63, 3.8) is 0 Å². The number of hydrogen-bond donors (Lipinski definition) is 1. The van der Waals surface area contributed by atoms with Crippen LogP contribution in [-0.2, 0) is 0 Å². The number of benzene rings is 2. The van der Waals surface area contributed by atoms with Crippen LogP contribution in [-0.4, -0.2) is 54.1 Å². The Labute approximate surface area is 180 Å². The molecule has 0 saturated carbocycles. The summed E-state index contributed by atoms with van der Waals surface area (Å²) < 4.78 is 10.6. The van der Waals surface area contributed by atoms with Crippen LogP contribution in [0.15, 0.2) is 42.7 Å². The maximum Gasteiger partial charge on any atom is 0.253 e. The predicted molar refractivity (Wildman–Crippen MR) is 117 cm³/mol. The summed E-state index contributed by atoms with van der Waals surface area (Å²) in [4.78, 5) is 23.5. The fourth-order valence-electron chi connectivity index (χ4n) is 3.72. The number of fused-ring (bicyclic) bond motifs is 1. The molecule has 1 amide bonds. The predicted octanol–water partition coefficient (Wildman–Crippen LogP) is 4.02. The summed E-state index contributed by atoms with van der Waals surface area (Å²) in [5.74, 6) is 1.95. The van der Waals surface area contributed by atoms with E-state index in [1.54, 1.807) is 32.4 Å². The summed E-state index contributed by atoms with van der Waals surface area (Å²) in [5.41, 5.74) is 1.40. The third-order valence-electron chi connectivity index (χ3n) is 5.35. The molecule has 0 bridgehead atoms. The quantitative estimate of drug-likeness (QED) is 0.664. The Balaban J connectivity index is 1.41. The van der Waals surface area contributed by atoms with E-state index in [4.69, 9.17) is 21.1 Å². The molecule has 8 heteroatoms. The lowest BCUT2D eigenvalue weighted by Gasteiger charge is -2.33. The van der Waals surface area contributed by atoms with Crippen LogP contribution in [0.3, 0.4) is 0 Å². The first-order chi connectivity index (χ1) is 14.6. The number of carbonyl (C=O) groups excluding carboxylic acids is 1. The highest BCUT2D eigenvalue weighted by Gasteiger charge is 2.25. The van der Waals surface area contributed by atoms with Gasteiger partial charge in [-0.3, -0.25) is 4.79 Å². The Hall–Kier alpha value is -3.06. The van der Waals surface area contributed by atoms with Crippen molar-refractivity contribution in [2.24, 2.45) is 0 Å². The topological polar surface area (TPSA) is 76.6 Å². The molecule has 30 heavy (non-hydrogen) atoms. The number of rotatable bonds is 5. The summed E-state index contributed by atoms with van der Waals surface area (Å²) in [5, 5.41) is 5.09. The zero-order valence-electron chi connectivity index (χ0n) is 16.9. The zero-order chi connectivity index (χ0) is 21.1. The third kappa shape index (κ3) is 4.11. The Morgan fingerprint density at radius 2 is 1.83 bits per heavy atom. The number of ether oxygens (including phenoxy) is 2. The van der Waals surface area contributed by atoms with E-state index in [1.165, 1.54) is 6.33 Å². The molecule has 0 unspecified atom stereocenters. The minimum Gasteiger partial charge on any atom is -0.493 e. The lowest BCUT2D eigenvalue weighted by atomic mass is 10.0. The van der Waals surface area contributed by atoms with E-state index in [1.807, 2.05) is 23.1 Å². The Bertz CT molecular complexity index is 1070. The number of likely N-dealkylation sites (tertiary alicyclic amines) is 1. The largest absolute Gasteiger partial charge is 0.493 e. The van der Waals surface area contributed by atoms with Gasteiger partial charge >= 0.3 is 0 Å². The number of piperidine rings is 1. The van der Waals surface area contributed by atoms with E-state index in [-0.39, 0.29) is 11.9 Å². The van der Waals surface area contributed by atoms with Crippen molar-refractivity contribution in [3.8, 4) is 11.5 Å². The molecule has 156 valence electrons. The molecule has 1 fully saturated rings. The van der Waals surface area contributed by atoms with Crippen LogP contribution >= 0.6 is 11.6 Å². The molecule has 7 nitrogen and oxygen atoms in total. The number of halogens is 1. The third-order valence-corrected chi connectivity index (χ3v) is 5.59. The van der Waals surface area contributed by atoms with E-state index >= 15 is 0 Å². The number of aromatic nitrogens is 2. The highest BCUT2D eigenvalue weighted by molar-refractivity contribution is 6.31. The van der Waals surface area contributed by atoms with E-state index < -0.39 is 0 Å². The molecule has 2 aromatic carbocycles. The summed E-state index contributed by atoms with van der Waals surface area (Å²) >= 11 is 6.06. The second-order valence-electron chi connectivity index (χ2n) is 7.16. The van der Waals surface area contributed by atoms with Crippen molar-refractivity contribution < 1.29 is 14.3 Å². The molecule has 0 radical (unpaired) electrons. The first-order valence-corrected chi connectivity index (χ1v) is 10.1. The molecule has 4 rings (SSSR count). The maximum absolute atomic E-state index is 12.9. The van der Waals surface area contributed by atoms with Gasteiger partial charge in [0.05, 0.1) is 19.7 Å². The molecule has 1 saturated heterocycles. The first-order valence-electron chi connectivity index (χ1n) is 9.77. The molecule has 0 spiro atoms. The number of nitrogens with zero attached hydrogens (tertiary/aromatic N) is 3. The summed E-state index contributed by atoms with van der Waals surface area (Å²) in [6.07, 6.45) is 3.20. The van der Waals surface area contributed by atoms with Gasteiger partial charge < -0.3 is 19.7 Å². The van der Waals surface area contributed by atoms with Crippen molar-refractivity contribution in [2.45, 2.75) is 18.9 Å². The van der Waals surface area contributed by atoms with Gasteiger partial charge in [-0.05, 0) is 49.2 Å². The van der Waals surface area contributed by atoms with Gasteiger partial charge in [-0.2, -0.15) is 0 Å². The lowest BCUT2D eigenvalue weighted by molar-refractivity contribution is 0.0718. The molecule has 1 N–H and O–H groups in total. The normalized spacial score (nSPS) is 14.6. The van der Waals surface area contributed by atoms with Crippen molar-refractivity contribution in [2.75, 3.05) is 32.6 Å². The molecular weight excluding hydrogens is 404 g/mol. The van der Waals surface area contributed by atoms with Gasteiger partial charge in [0, 0.05) is 35.1 Å². The molecule has 1 aliphatic heterocycles. The van der Waals surface area contributed by atoms with E-state index in [0.29, 0.717) is 35.2 Å².